The summed E-state index contributed by atoms with van der Waals surface area (Å²) < 4.78 is 0.994. The van der Waals surface area contributed by atoms with E-state index in [-0.39, 0.29) is 6.54 Å². The summed E-state index contributed by atoms with van der Waals surface area (Å²) in [5.74, 6) is -0.920. The molecule has 25 heavy (non-hydrogen) atoms. The van der Waals surface area contributed by atoms with Crippen LogP contribution in [0.2, 0.25) is 0 Å². The van der Waals surface area contributed by atoms with Crippen LogP contribution in [0.5, 0.6) is 0 Å². The highest BCUT2D eigenvalue weighted by Gasteiger charge is 2.15. The summed E-state index contributed by atoms with van der Waals surface area (Å²) in [5, 5.41) is 9.94. The van der Waals surface area contributed by atoms with Crippen LogP contribution in [-0.2, 0) is 4.79 Å². The van der Waals surface area contributed by atoms with E-state index in [4.69, 9.17) is 22.3 Å². The van der Waals surface area contributed by atoms with Crippen LogP contribution in [0.4, 0.5) is 0 Å². The molecule has 1 aromatic heterocycles. The van der Waals surface area contributed by atoms with Gasteiger partial charge in [-0.25, -0.2) is 4.98 Å². The van der Waals surface area contributed by atoms with E-state index in [2.05, 4.69) is 15.9 Å². The standard InChI is InChI=1S/C19H15BrN2O2S/c1-22(11-18(23)24)19(25)15-10-17(12-6-8-13(20)9-7-12)21-16-5-3-2-4-14(15)16/h2-10H,11H2,1H3,(H,23,24). The molecule has 0 aliphatic heterocycles. The highest BCUT2D eigenvalue weighted by Crippen LogP contribution is 2.27. The number of carboxylic acid groups (broad SMARTS) is 1. The average Bonchev–Trinajstić information content (AvgIpc) is 2.60. The van der Waals surface area contributed by atoms with E-state index in [0.717, 1.165) is 32.2 Å². The van der Waals surface area contributed by atoms with Crippen molar-refractivity contribution in [1.82, 2.24) is 9.88 Å². The number of carbonyl (C=O) groups is 1. The first-order chi connectivity index (χ1) is 12.0. The predicted octanol–water partition coefficient (Wildman–Crippen LogP) is 4.36. The number of halogens is 1. The molecular formula is C19H15BrN2O2S. The minimum absolute atomic E-state index is 0.150. The SMILES string of the molecule is CN(CC(=O)O)C(=S)c1cc(-c2ccc(Br)cc2)nc2ccccc12. The second-order valence-electron chi connectivity index (χ2n) is 5.63. The lowest BCUT2D eigenvalue weighted by Gasteiger charge is -2.19. The van der Waals surface area contributed by atoms with Gasteiger partial charge in [0.2, 0.25) is 0 Å². The Labute approximate surface area is 159 Å². The Hall–Kier alpha value is -2.31. The van der Waals surface area contributed by atoms with E-state index in [1.807, 2.05) is 54.6 Å². The molecule has 126 valence electrons. The van der Waals surface area contributed by atoms with Gasteiger partial charge in [-0.2, -0.15) is 0 Å². The molecule has 1 heterocycles. The topological polar surface area (TPSA) is 53.4 Å². The van der Waals surface area contributed by atoms with E-state index >= 15 is 0 Å². The zero-order chi connectivity index (χ0) is 18.0. The number of aromatic nitrogens is 1. The van der Waals surface area contributed by atoms with E-state index in [1.165, 1.54) is 0 Å². The molecule has 0 saturated carbocycles. The number of likely N-dealkylation sites (N-methyl/N-ethyl adjacent to an activating group) is 1. The Kier molecular flexibility index (Phi) is 5.11. The lowest BCUT2D eigenvalue weighted by atomic mass is 10.0. The van der Waals surface area contributed by atoms with Crippen molar-refractivity contribution in [2.45, 2.75) is 0 Å². The third-order valence-corrected chi connectivity index (χ3v) is 4.87. The van der Waals surface area contributed by atoms with Gasteiger partial charge in [0.05, 0.1) is 11.2 Å². The predicted molar refractivity (Wildman–Crippen MR) is 107 cm³/mol. The number of hydrogen-bond acceptors (Lipinski definition) is 3. The fourth-order valence-electron chi connectivity index (χ4n) is 2.60. The molecule has 0 spiro atoms. The van der Waals surface area contributed by atoms with Crippen LogP contribution >= 0.6 is 28.1 Å². The van der Waals surface area contributed by atoms with Crippen molar-refractivity contribution in [3.63, 3.8) is 0 Å². The van der Waals surface area contributed by atoms with Crippen LogP contribution < -0.4 is 0 Å². The van der Waals surface area contributed by atoms with Gasteiger partial charge in [0.15, 0.2) is 0 Å². The Bertz CT molecular complexity index is 957. The fourth-order valence-corrected chi connectivity index (χ4v) is 3.10. The molecule has 0 amide bonds. The number of pyridine rings is 1. The van der Waals surface area contributed by atoms with Gasteiger partial charge in [0, 0.05) is 28.0 Å². The molecule has 4 nitrogen and oxygen atoms in total. The number of nitrogens with zero attached hydrogens (tertiary/aromatic N) is 2. The van der Waals surface area contributed by atoms with E-state index in [1.54, 1.807) is 11.9 Å². The summed E-state index contributed by atoms with van der Waals surface area (Å²) in [7, 11) is 1.69. The van der Waals surface area contributed by atoms with Gasteiger partial charge in [0.25, 0.3) is 0 Å². The molecule has 2 aromatic carbocycles. The molecule has 0 unspecified atom stereocenters. The van der Waals surface area contributed by atoms with Gasteiger partial charge in [-0.1, -0.05) is 58.5 Å². The largest absolute Gasteiger partial charge is 0.480 e. The van der Waals surface area contributed by atoms with Crippen molar-refractivity contribution in [3.8, 4) is 11.3 Å². The maximum Gasteiger partial charge on any atom is 0.323 e. The van der Waals surface area contributed by atoms with Crippen molar-refractivity contribution in [1.29, 1.82) is 0 Å². The number of thiocarbonyl (C=S) groups is 1. The number of carboxylic acids is 1. The number of benzene rings is 2. The summed E-state index contributed by atoms with van der Waals surface area (Å²) >= 11 is 8.98. The average molecular weight is 415 g/mol. The number of para-hydroxylation sites is 1. The van der Waals surface area contributed by atoms with Crippen molar-refractivity contribution in [2.75, 3.05) is 13.6 Å². The third-order valence-electron chi connectivity index (χ3n) is 3.81. The highest BCUT2D eigenvalue weighted by molar-refractivity contribution is 9.10. The maximum atomic E-state index is 11.0. The first kappa shape index (κ1) is 17.5. The normalized spacial score (nSPS) is 10.6. The van der Waals surface area contributed by atoms with Crippen molar-refractivity contribution in [3.05, 3.63) is 64.6 Å². The molecular weight excluding hydrogens is 400 g/mol. The molecule has 0 radical (unpaired) electrons. The lowest BCUT2D eigenvalue weighted by Crippen LogP contribution is -2.31. The van der Waals surface area contributed by atoms with Crippen molar-refractivity contribution < 1.29 is 9.90 Å². The monoisotopic (exact) mass is 414 g/mol. The van der Waals surface area contributed by atoms with Gasteiger partial charge in [0.1, 0.15) is 11.5 Å². The Morgan fingerprint density at radius 3 is 2.56 bits per heavy atom. The van der Waals surface area contributed by atoms with E-state index < -0.39 is 5.97 Å². The number of aliphatic carboxylic acids is 1. The highest BCUT2D eigenvalue weighted by atomic mass is 79.9. The molecule has 0 fully saturated rings. The Morgan fingerprint density at radius 2 is 1.88 bits per heavy atom. The van der Waals surface area contributed by atoms with Crippen LogP contribution in [0.15, 0.2) is 59.1 Å². The van der Waals surface area contributed by atoms with Crippen LogP contribution in [0, 0.1) is 0 Å². The van der Waals surface area contributed by atoms with Gasteiger partial charge in [-0.05, 0) is 24.3 Å². The Morgan fingerprint density at radius 1 is 1.20 bits per heavy atom. The number of rotatable bonds is 4. The third kappa shape index (κ3) is 3.86. The first-order valence-electron chi connectivity index (χ1n) is 7.58. The minimum Gasteiger partial charge on any atom is -0.480 e. The molecule has 1 N–H and O–H groups in total. The molecule has 0 aliphatic carbocycles. The van der Waals surface area contributed by atoms with Gasteiger partial charge < -0.3 is 10.0 Å². The summed E-state index contributed by atoms with van der Waals surface area (Å²) in [6.07, 6.45) is 0. The molecule has 0 bridgehead atoms. The van der Waals surface area contributed by atoms with Crippen LogP contribution in [0.1, 0.15) is 5.56 Å². The first-order valence-corrected chi connectivity index (χ1v) is 8.79. The molecule has 0 saturated heterocycles. The van der Waals surface area contributed by atoms with Crippen LogP contribution in [0.3, 0.4) is 0 Å². The molecule has 3 rings (SSSR count). The summed E-state index contributed by atoms with van der Waals surface area (Å²) in [4.78, 5) is 17.8. The zero-order valence-corrected chi connectivity index (χ0v) is 15.8. The number of fused-ring (bicyclic) bond motifs is 1. The van der Waals surface area contributed by atoms with E-state index in [0.29, 0.717) is 4.99 Å². The van der Waals surface area contributed by atoms with Crippen LogP contribution in [-0.4, -0.2) is 39.5 Å². The molecule has 6 heteroatoms. The maximum absolute atomic E-state index is 11.0. The fraction of sp³-hybridized carbons (Fsp3) is 0.105. The summed E-state index contributed by atoms with van der Waals surface area (Å²) in [6.45, 7) is -0.150. The number of hydrogen-bond donors (Lipinski definition) is 1. The second kappa shape index (κ2) is 7.29. The Balaban J connectivity index is 2.14. The van der Waals surface area contributed by atoms with Crippen LogP contribution in [0.25, 0.3) is 22.2 Å². The zero-order valence-electron chi connectivity index (χ0n) is 13.4. The molecule has 0 aliphatic rings. The van der Waals surface area contributed by atoms with Gasteiger partial charge >= 0.3 is 5.97 Å². The van der Waals surface area contributed by atoms with Crippen molar-refractivity contribution >= 4 is 50.0 Å². The smallest absolute Gasteiger partial charge is 0.323 e. The van der Waals surface area contributed by atoms with Crippen molar-refractivity contribution in [2.24, 2.45) is 0 Å². The summed E-state index contributed by atoms with van der Waals surface area (Å²) in [5.41, 5.74) is 3.40. The summed E-state index contributed by atoms with van der Waals surface area (Å²) in [6, 6.07) is 17.5. The molecule has 3 aromatic rings. The van der Waals surface area contributed by atoms with Gasteiger partial charge in [-0.3, -0.25) is 4.79 Å². The minimum atomic E-state index is -0.920. The lowest BCUT2D eigenvalue weighted by molar-refractivity contribution is -0.137. The van der Waals surface area contributed by atoms with Gasteiger partial charge in [-0.15, -0.1) is 0 Å². The molecule has 0 atom stereocenters. The van der Waals surface area contributed by atoms with E-state index in [9.17, 15) is 4.79 Å². The quantitative estimate of drug-likeness (QED) is 0.642. The second-order valence-corrected chi connectivity index (χ2v) is 6.94.